The SMILES string of the molecule is CCC(CC)c1ccc(-c2nnc(C)o2)c(F)c1. The van der Waals surface area contributed by atoms with Gasteiger partial charge in [0, 0.05) is 6.92 Å². The van der Waals surface area contributed by atoms with Crippen LogP contribution in [0.5, 0.6) is 0 Å². The Morgan fingerprint density at radius 2 is 1.94 bits per heavy atom. The van der Waals surface area contributed by atoms with Crippen LogP contribution >= 0.6 is 0 Å². The van der Waals surface area contributed by atoms with Gasteiger partial charge in [0.25, 0.3) is 5.89 Å². The van der Waals surface area contributed by atoms with E-state index in [0.29, 0.717) is 17.4 Å². The zero-order valence-corrected chi connectivity index (χ0v) is 10.9. The number of hydrogen-bond acceptors (Lipinski definition) is 3. The number of nitrogens with zero attached hydrogens (tertiary/aromatic N) is 2. The van der Waals surface area contributed by atoms with Crippen LogP contribution in [-0.2, 0) is 0 Å². The fourth-order valence-corrected chi connectivity index (χ4v) is 2.12. The van der Waals surface area contributed by atoms with Gasteiger partial charge in [-0.3, -0.25) is 0 Å². The van der Waals surface area contributed by atoms with Crippen LogP contribution in [0, 0.1) is 12.7 Å². The first-order chi connectivity index (χ1) is 8.65. The molecule has 0 amide bonds. The molecule has 4 heteroatoms. The summed E-state index contributed by atoms with van der Waals surface area (Å²) in [5.74, 6) is 0.774. The lowest BCUT2D eigenvalue weighted by atomic mass is 9.93. The molecule has 0 fully saturated rings. The van der Waals surface area contributed by atoms with Crippen LogP contribution in [0.4, 0.5) is 4.39 Å². The van der Waals surface area contributed by atoms with Crippen LogP contribution in [0.1, 0.15) is 44.1 Å². The predicted octanol–water partition coefficient (Wildman–Crippen LogP) is 4.09. The van der Waals surface area contributed by atoms with Gasteiger partial charge in [-0.1, -0.05) is 19.9 Å². The van der Waals surface area contributed by atoms with Crippen LogP contribution in [0.3, 0.4) is 0 Å². The highest BCUT2D eigenvalue weighted by Crippen LogP contribution is 2.28. The van der Waals surface area contributed by atoms with Crippen molar-refractivity contribution in [2.75, 3.05) is 0 Å². The minimum absolute atomic E-state index is 0.237. The van der Waals surface area contributed by atoms with Crippen LogP contribution in [0.15, 0.2) is 22.6 Å². The van der Waals surface area contributed by atoms with Crippen molar-refractivity contribution in [3.05, 3.63) is 35.5 Å². The van der Waals surface area contributed by atoms with Crippen molar-refractivity contribution in [1.82, 2.24) is 10.2 Å². The van der Waals surface area contributed by atoms with E-state index in [-0.39, 0.29) is 11.7 Å². The fraction of sp³-hybridized carbons (Fsp3) is 0.429. The molecule has 1 aromatic carbocycles. The molecule has 0 aliphatic heterocycles. The highest BCUT2D eigenvalue weighted by atomic mass is 19.1. The largest absolute Gasteiger partial charge is 0.421 e. The van der Waals surface area contributed by atoms with Crippen LogP contribution < -0.4 is 0 Å². The summed E-state index contributed by atoms with van der Waals surface area (Å²) >= 11 is 0. The van der Waals surface area contributed by atoms with E-state index in [9.17, 15) is 4.39 Å². The summed E-state index contributed by atoms with van der Waals surface area (Å²) in [6.07, 6.45) is 2.02. The Bertz CT molecular complexity index is 532. The topological polar surface area (TPSA) is 38.9 Å². The summed E-state index contributed by atoms with van der Waals surface area (Å²) in [7, 11) is 0. The minimum atomic E-state index is -0.303. The second-order valence-electron chi connectivity index (χ2n) is 4.38. The summed E-state index contributed by atoms with van der Waals surface area (Å²) in [6.45, 7) is 5.91. The predicted molar refractivity (Wildman–Crippen MR) is 67.8 cm³/mol. The molecule has 2 rings (SSSR count). The molecular formula is C14H17FN2O. The van der Waals surface area contributed by atoms with Gasteiger partial charge in [0.1, 0.15) is 5.82 Å². The van der Waals surface area contributed by atoms with E-state index in [0.717, 1.165) is 18.4 Å². The van der Waals surface area contributed by atoms with Gasteiger partial charge in [-0.2, -0.15) is 0 Å². The lowest BCUT2D eigenvalue weighted by Gasteiger charge is -2.13. The van der Waals surface area contributed by atoms with Gasteiger partial charge < -0.3 is 4.42 Å². The molecule has 0 aliphatic rings. The zero-order valence-electron chi connectivity index (χ0n) is 10.9. The standard InChI is InChI=1S/C14H17FN2O/c1-4-10(5-2)11-6-7-12(13(15)8-11)14-17-16-9(3)18-14/h6-8,10H,4-5H2,1-3H3. The molecule has 0 bridgehead atoms. The van der Waals surface area contributed by atoms with E-state index in [1.54, 1.807) is 19.1 Å². The van der Waals surface area contributed by atoms with Gasteiger partial charge in [0.2, 0.25) is 5.89 Å². The Morgan fingerprint density at radius 1 is 1.22 bits per heavy atom. The minimum Gasteiger partial charge on any atom is -0.421 e. The molecule has 96 valence electrons. The molecule has 0 spiro atoms. The zero-order chi connectivity index (χ0) is 13.1. The highest BCUT2D eigenvalue weighted by Gasteiger charge is 2.14. The summed E-state index contributed by atoms with van der Waals surface area (Å²) in [5, 5.41) is 7.55. The molecule has 1 aromatic heterocycles. The molecule has 0 N–H and O–H groups in total. The number of aromatic nitrogens is 2. The average molecular weight is 248 g/mol. The monoisotopic (exact) mass is 248 g/mol. The first-order valence-corrected chi connectivity index (χ1v) is 6.25. The van der Waals surface area contributed by atoms with Crippen molar-refractivity contribution in [2.24, 2.45) is 0 Å². The number of halogens is 1. The van der Waals surface area contributed by atoms with Crippen molar-refractivity contribution < 1.29 is 8.81 Å². The smallest absolute Gasteiger partial charge is 0.250 e. The second kappa shape index (κ2) is 5.29. The molecule has 0 saturated carbocycles. The summed E-state index contributed by atoms with van der Waals surface area (Å²) in [6, 6.07) is 5.23. The summed E-state index contributed by atoms with van der Waals surface area (Å²) in [4.78, 5) is 0. The summed E-state index contributed by atoms with van der Waals surface area (Å²) < 4.78 is 19.3. The second-order valence-corrected chi connectivity index (χ2v) is 4.38. The maximum atomic E-state index is 14.1. The maximum absolute atomic E-state index is 14.1. The van der Waals surface area contributed by atoms with Gasteiger partial charge in [-0.25, -0.2) is 4.39 Å². The van der Waals surface area contributed by atoms with E-state index in [4.69, 9.17) is 4.42 Å². The Balaban J connectivity index is 2.36. The average Bonchev–Trinajstić information content (AvgIpc) is 2.77. The molecule has 0 radical (unpaired) electrons. The van der Waals surface area contributed by atoms with Crippen LogP contribution in [-0.4, -0.2) is 10.2 Å². The van der Waals surface area contributed by atoms with Crippen molar-refractivity contribution in [3.63, 3.8) is 0 Å². The normalized spacial score (nSPS) is 11.2. The maximum Gasteiger partial charge on any atom is 0.250 e. The van der Waals surface area contributed by atoms with Crippen molar-refractivity contribution >= 4 is 0 Å². The van der Waals surface area contributed by atoms with Crippen molar-refractivity contribution in [2.45, 2.75) is 39.5 Å². The number of hydrogen-bond donors (Lipinski definition) is 0. The Labute approximate surface area is 106 Å². The van der Waals surface area contributed by atoms with E-state index in [1.807, 2.05) is 6.07 Å². The molecule has 0 atom stereocenters. The number of aryl methyl sites for hydroxylation is 1. The quantitative estimate of drug-likeness (QED) is 0.818. The molecule has 0 saturated heterocycles. The van der Waals surface area contributed by atoms with Crippen molar-refractivity contribution in [1.29, 1.82) is 0 Å². The summed E-state index contributed by atoms with van der Waals surface area (Å²) in [5.41, 5.74) is 1.39. The molecule has 2 aromatic rings. The fourth-order valence-electron chi connectivity index (χ4n) is 2.12. The Hall–Kier alpha value is -1.71. The third-order valence-electron chi connectivity index (χ3n) is 3.21. The lowest BCUT2D eigenvalue weighted by Crippen LogP contribution is -1.97. The van der Waals surface area contributed by atoms with Crippen LogP contribution in [0.25, 0.3) is 11.5 Å². The number of benzene rings is 1. The first-order valence-electron chi connectivity index (χ1n) is 6.25. The molecule has 0 aliphatic carbocycles. The molecule has 1 heterocycles. The Morgan fingerprint density at radius 3 is 2.44 bits per heavy atom. The highest BCUT2D eigenvalue weighted by molar-refractivity contribution is 5.54. The van der Waals surface area contributed by atoms with E-state index < -0.39 is 0 Å². The molecular weight excluding hydrogens is 231 g/mol. The first kappa shape index (κ1) is 12.7. The third-order valence-corrected chi connectivity index (χ3v) is 3.21. The number of rotatable bonds is 4. The van der Waals surface area contributed by atoms with Crippen molar-refractivity contribution in [3.8, 4) is 11.5 Å². The van der Waals surface area contributed by atoms with Gasteiger partial charge in [0.05, 0.1) is 5.56 Å². The van der Waals surface area contributed by atoms with Gasteiger partial charge in [-0.15, -0.1) is 10.2 Å². The van der Waals surface area contributed by atoms with Gasteiger partial charge in [0.15, 0.2) is 0 Å². The molecule has 3 nitrogen and oxygen atoms in total. The van der Waals surface area contributed by atoms with E-state index >= 15 is 0 Å². The van der Waals surface area contributed by atoms with Gasteiger partial charge in [-0.05, 0) is 36.5 Å². The molecule has 18 heavy (non-hydrogen) atoms. The van der Waals surface area contributed by atoms with E-state index in [1.165, 1.54) is 0 Å². The van der Waals surface area contributed by atoms with Gasteiger partial charge >= 0.3 is 0 Å². The Kier molecular flexibility index (Phi) is 3.75. The van der Waals surface area contributed by atoms with Crippen LogP contribution in [0.2, 0.25) is 0 Å². The third kappa shape index (κ3) is 2.42. The molecule has 0 unspecified atom stereocenters. The lowest BCUT2D eigenvalue weighted by molar-refractivity contribution is 0.525. The van der Waals surface area contributed by atoms with E-state index in [2.05, 4.69) is 24.0 Å².